The van der Waals surface area contributed by atoms with Crippen molar-refractivity contribution < 1.29 is 0 Å². The Morgan fingerprint density at radius 1 is 1.04 bits per heavy atom. The highest BCUT2D eigenvalue weighted by molar-refractivity contribution is 6.30. The van der Waals surface area contributed by atoms with Crippen LogP contribution in [0.25, 0.3) is 0 Å². The number of nitrogens with zero attached hydrogens (tertiary/aromatic N) is 3. The van der Waals surface area contributed by atoms with Crippen molar-refractivity contribution in [3.8, 4) is 0 Å². The molecule has 2 heterocycles. The molecule has 0 fully saturated rings. The van der Waals surface area contributed by atoms with E-state index in [-0.39, 0.29) is 18.0 Å². The van der Waals surface area contributed by atoms with Crippen LogP contribution in [0.2, 0.25) is 10.0 Å². The Labute approximate surface area is 149 Å². The summed E-state index contributed by atoms with van der Waals surface area (Å²) in [5.41, 5.74) is 8.02. The molecule has 4 rings (SSSR count). The van der Waals surface area contributed by atoms with Gasteiger partial charge in [0.2, 0.25) is 11.9 Å². The molecule has 0 unspecified atom stereocenters. The zero-order valence-electron chi connectivity index (χ0n) is 12.7. The smallest absolute Gasteiger partial charge is 0.241 e. The average Bonchev–Trinajstić information content (AvgIpc) is 2.94. The van der Waals surface area contributed by atoms with Crippen molar-refractivity contribution in [3.63, 3.8) is 0 Å². The van der Waals surface area contributed by atoms with Gasteiger partial charge in [0.15, 0.2) is 0 Å². The Hall–Kier alpha value is -2.24. The minimum absolute atomic E-state index is 0.00503. The van der Waals surface area contributed by atoms with E-state index < -0.39 is 0 Å². The summed E-state index contributed by atoms with van der Waals surface area (Å²) in [6, 6.07) is 15.7. The topological polar surface area (TPSA) is 68.8 Å². The summed E-state index contributed by atoms with van der Waals surface area (Å²) < 4.78 is 1.83. The van der Waals surface area contributed by atoms with Gasteiger partial charge in [0, 0.05) is 10.0 Å². The monoisotopic (exact) mass is 359 g/mol. The number of nitrogens with two attached hydrogens (primary N) is 1. The van der Waals surface area contributed by atoms with Crippen molar-refractivity contribution in [2.75, 3.05) is 11.1 Å². The van der Waals surface area contributed by atoms with Crippen molar-refractivity contribution in [1.82, 2.24) is 14.8 Å². The van der Waals surface area contributed by atoms with Crippen LogP contribution in [-0.2, 0) is 0 Å². The van der Waals surface area contributed by atoms with Crippen LogP contribution >= 0.6 is 23.2 Å². The van der Waals surface area contributed by atoms with Crippen LogP contribution in [0.15, 0.2) is 48.5 Å². The highest BCUT2D eigenvalue weighted by atomic mass is 35.5. The SMILES string of the molecule is Nc1nc2n(n1)[C@H](c1cccc(Cl)c1)C[C@@H](c1ccc(Cl)cc1)N2. The van der Waals surface area contributed by atoms with Gasteiger partial charge < -0.3 is 11.1 Å². The molecular formula is C17H15Cl2N5. The number of nitrogen functional groups attached to an aromatic ring is 1. The zero-order chi connectivity index (χ0) is 16.7. The lowest BCUT2D eigenvalue weighted by molar-refractivity contribution is 0.431. The molecule has 0 aliphatic carbocycles. The van der Waals surface area contributed by atoms with Gasteiger partial charge in [-0.25, -0.2) is 4.68 Å². The van der Waals surface area contributed by atoms with E-state index in [0.717, 1.165) is 17.5 Å². The summed E-state index contributed by atoms with van der Waals surface area (Å²) in [5, 5.41) is 9.15. The van der Waals surface area contributed by atoms with Crippen LogP contribution in [0, 0.1) is 0 Å². The molecule has 5 nitrogen and oxygen atoms in total. The van der Waals surface area contributed by atoms with Crippen molar-refractivity contribution in [3.05, 3.63) is 69.7 Å². The highest BCUT2D eigenvalue weighted by Gasteiger charge is 2.30. The third-order valence-electron chi connectivity index (χ3n) is 4.21. The number of aromatic nitrogens is 3. The number of anilines is 2. The highest BCUT2D eigenvalue weighted by Crippen LogP contribution is 2.38. The molecule has 0 saturated heterocycles. The molecular weight excluding hydrogens is 345 g/mol. The van der Waals surface area contributed by atoms with Crippen LogP contribution in [0.1, 0.15) is 29.6 Å². The Morgan fingerprint density at radius 2 is 1.83 bits per heavy atom. The first kappa shape index (κ1) is 15.3. The summed E-state index contributed by atoms with van der Waals surface area (Å²) in [5.74, 6) is 0.907. The number of fused-ring (bicyclic) bond motifs is 1. The molecule has 24 heavy (non-hydrogen) atoms. The third-order valence-corrected chi connectivity index (χ3v) is 4.70. The lowest BCUT2D eigenvalue weighted by Crippen LogP contribution is -2.28. The molecule has 1 aromatic heterocycles. The van der Waals surface area contributed by atoms with E-state index >= 15 is 0 Å². The number of rotatable bonds is 2. The Balaban J connectivity index is 1.76. The predicted octanol–water partition coefficient (Wildman–Crippen LogP) is 4.31. The maximum absolute atomic E-state index is 6.17. The van der Waals surface area contributed by atoms with Crippen LogP contribution in [0.5, 0.6) is 0 Å². The van der Waals surface area contributed by atoms with Gasteiger partial charge >= 0.3 is 0 Å². The van der Waals surface area contributed by atoms with Crippen molar-refractivity contribution in [1.29, 1.82) is 0 Å². The molecule has 0 bridgehead atoms. The van der Waals surface area contributed by atoms with Gasteiger partial charge in [-0.1, -0.05) is 47.5 Å². The standard InChI is InChI=1S/C17H15Cl2N5/c18-12-6-4-10(5-7-12)14-9-15(11-2-1-3-13(19)8-11)24-17(21-14)22-16(20)23-24/h1-8,14-15H,9H2,(H3,20,21,22,23)/t14-,15-/m0/s1. The maximum Gasteiger partial charge on any atom is 0.241 e. The van der Waals surface area contributed by atoms with Crippen LogP contribution < -0.4 is 11.1 Å². The van der Waals surface area contributed by atoms with Gasteiger partial charge in [0.05, 0.1) is 12.1 Å². The van der Waals surface area contributed by atoms with Gasteiger partial charge in [0.1, 0.15) is 0 Å². The second kappa shape index (κ2) is 6.00. The lowest BCUT2D eigenvalue weighted by Gasteiger charge is -2.31. The first-order chi connectivity index (χ1) is 11.6. The minimum Gasteiger partial charge on any atom is -0.366 e. The number of nitrogens with one attached hydrogen (secondary N) is 1. The quantitative estimate of drug-likeness (QED) is 0.714. The van der Waals surface area contributed by atoms with Crippen LogP contribution in [0.4, 0.5) is 11.9 Å². The Kier molecular flexibility index (Phi) is 3.82. The zero-order valence-corrected chi connectivity index (χ0v) is 14.2. The first-order valence-electron chi connectivity index (χ1n) is 7.59. The third kappa shape index (κ3) is 2.81. The van der Waals surface area contributed by atoms with Gasteiger partial charge in [-0.15, -0.1) is 5.10 Å². The first-order valence-corrected chi connectivity index (χ1v) is 8.35. The Morgan fingerprint density at radius 3 is 2.58 bits per heavy atom. The van der Waals surface area contributed by atoms with Crippen molar-refractivity contribution in [2.24, 2.45) is 0 Å². The minimum atomic E-state index is 0.00503. The Bertz CT molecular complexity index is 875. The summed E-state index contributed by atoms with van der Waals surface area (Å²) in [4.78, 5) is 4.30. The van der Waals surface area contributed by atoms with Crippen LogP contribution in [-0.4, -0.2) is 14.8 Å². The number of hydrogen-bond acceptors (Lipinski definition) is 4. The van der Waals surface area contributed by atoms with Crippen molar-refractivity contribution >= 4 is 35.1 Å². The number of benzene rings is 2. The van der Waals surface area contributed by atoms with Crippen LogP contribution in [0.3, 0.4) is 0 Å². The summed E-state index contributed by atoms with van der Waals surface area (Å²) in [7, 11) is 0. The van der Waals surface area contributed by atoms with E-state index in [1.165, 1.54) is 0 Å². The molecule has 1 aliphatic rings. The predicted molar refractivity (Wildman–Crippen MR) is 96.5 cm³/mol. The lowest BCUT2D eigenvalue weighted by atomic mass is 9.93. The summed E-state index contributed by atoms with van der Waals surface area (Å²) in [6.45, 7) is 0. The van der Waals surface area contributed by atoms with E-state index in [4.69, 9.17) is 28.9 Å². The fourth-order valence-corrected chi connectivity index (χ4v) is 3.42. The molecule has 7 heteroatoms. The molecule has 2 aromatic carbocycles. The van der Waals surface area contributed by atoms with E-state index in [2.05, 4.69) is 15.4 Å². The number of hydrogen-bond donors (Lipinski definition) is 2. The fraction of sp³-hybridized carbons (Fsp3) is 0.176. The molecule has 0 amide bonds. The van der Waals surface area contributed by atoms with E-state index in [1.807, 2.05) is 53.2 Å². The van der Waals surface area contributed by atoms with Crippen molar-refractivity contribution in [2.45, 2.75) is 18.5 Å². The largest absolute Gasteiger partial charge is 0.366 e. The second-order valence-corrected chi connectivity index (χ2v) is 6.67. The summed E-state index contributed by atoms with van der Waals surface area (Å²) >= 11 is 12.2. The molecule has 3 aromatic rings. The maximum atomic E-state index is 6.17. The number of halogens is 2. The average molecular weight is 360 g/mol. The van der Waals surface area contributed by atoms with E-state index in [1.54, 1.807) is 0 Å². The van der Waals surface area contributed by atoms with E-state index in [9.17, 15) is 0 Å². The second-order valence-electron chi connectivity index (χ2n) is 5.79. The van der Waals surface area contributed by atoms with Gasteiger partial charge in [0.25, 0.3) is 0 Å². The van der Waals surface area contributed by atoms with Gasteiger partial charge in [-0.05, 0) is 41.8 Å². The molecule has 3 N–H and O–H groups in total. The normalized spacial score (nSPS) is 19.6. The molecule has 0 spiro atoms. The molecule has 122 valence electrons. The molecule has 0 saturated carbocycles. The van der Waals surface area contributed by atoms with E-state index in [0.29, 0.717) is 16.0 Å². The molecule has 0 radical (unpaired) electrons. The van der Waals surface area contributed by atoms with Gasteiger partial charge in [-0.2, -0.15) is 4.98 Å². The summed E-state index contributed by atoms with van der Waals surface area (Å²) in [6.07, 6.45) is 0.803. The fourth-order valence-electron chi connectivity index (χ4n) is 3.10. The van der Waals surface area contributed by atoms with Gasteiger partial charge in [-0.3, -0.25) is 0 Å². The molecule has 2 atom stereocenters. The molecule has 1 aliphatic heterocycles.